The van der Waals surface area contributed by atoms with Crippen LogP contribution >= 0.6 is 0 Å². The summed E-state index contributed by atoms with van der Waals surface area (Å²) in [7, 11) is 0. The molecule has 0 aliphatic rings. The number of ether oxygens (including phenoxy) is 1. The summed E-state index contributed by atoms with van der Waals surface area (Å²) in [5.74, 6) is 0.117. The van der Waals surface area contributed by atoms with Crippen molar-refractivity contribution in [3.63, 3.8) is 0 Å². The van der Waals surface area contributed by atoms with Crippen molar-refractivity contribution >= 4 is 28.0 Å². The highest BCUT2D eigenvalue weighted by molar-refractivity contribution is 5.96. The lowest BCUT2D eigenvalue weighted by molar-refractivity contribution is 0.0735. The second kappa shape index (κ2) is 5.74. The van der Waals surface area contributed by atoms with Crippen LogP contribution < -0.4 is 4.74 Å². The molecule has 4 aromatic rings. The van der Waals surface area contributed by atoms with Crippen LogP contribution in [0.15, 0.2) is 66.7 Å². The van der Waals surface area contributed by atoms with Crippen LogP contribution in [-0.4, -0.2) is 15.9 Å². The first kappa shape index (κ1) is 14.3. The molecule has 1 aromatic heterocycles. The van der Waals surface area contributed by atoms with Crippen molar-refractivity contribution in [1.29, 1.82) is 0 Å². The normalized spacial score (nSPS) is 10.9. The number of nitrogens with zero attached hydrogens (tertiary/aromatic N) is 2. The molecular formula is C20H14N2O2. The number of hydrogen-bond donors (Lipinski definition) is 0. The van der Waals surface area contributed by atoms with Crippen molar-refractivity contribution in [2.24, 2.45) is 0 Å². The number of rotatable bonds is 2. The molecule has 0 N–H and O–H groups in total. The third-order valence-corrected chi connectivity index (χ3v) is 3.81. The Bertz CT molecular complexity index is 1060. The minimum Gasteiger partial charge on any atom is -0.423 e. The first-order valence-electron chi connectivity index (χ1n) is 7.64. The smallest absolute Gasteiger partial charge is 0.343 e. The number of carbonyl (C=O) groups excluding carboxylic acids is 1. The zero-order valence-corrected chi connectivity index (χ0v) is 13.1. The molecular weight excluding hydrogens is 300 g/mol. The SMILES string of the molecule is Cc1ccc(OC(=O)c2ccc3nc4ccccc4nc3c2)cc1. The quantitative estimate of drug-likeness (QED) is 0.314. The molecule has 0 fully saturated rings. The highest BCUT2D eigenvalue weighted by atomic mass is 16.5. The Hall–Kier alpha value is -3.27. The number of benzene rings is 3. The zero-order chi connectivity index (χ0) is 16.5. The van der Waals surface area contributed by atoms with Crippen molar-refractivity contribution in [3.8, 4) is 5.75 Å². The molecule has 3 aromatic carbocycles. The van der Waals surface area contributed by atoms with Crippen LogP contribution in [0.1, 0.15) is 15.9 Å². The molecule has 0 amide bonds. The molecule has 0 radical (unpaired) electrons. The summed E-state index contributed by atoms with van der Waals surface area (Å²) >= 11 is 0. The molecule has 0 saturated heterocycles. The average molecular weight is 314 g/mol. The zero-order valence-electron chi connectivity index (χ0n) is 13.1. The summed E-state index contributed by atoms with van der Waals surface area (Å²) in [6.45, 7) is 1.98. The van der Waals surface area contributed by atoms with Crippen LogP contribution in [0.2, 0.25) is 0 Å². The molecule has 0 unspecified atom stereocenters. The fraction of sp³-hybridized carbons (Fsp3) is 0.0500. The third-order valence-electron chi connectivity index (χ3n) is 3.81. The minimum absolute atomic E-state index is 0.407. The maximum atomic E-state index is 12.3. The second-order valence-corrected chi connectivity index (χ2v) is 5.62. The Labute approximate surface area is 138 Å². The van der Waals surface area contributed by atoms with Crippen molar-refractivity contribution in [3.05, 3.63) is 77.9 Å². The van der Waals surface area contributed by atoms with E-state index in [0.29, 0.717) is 16.8 Å². The lowest BCUT2D eigenvalue weighted by atomic mass is 10.2. The van der Waals surface area contributed by atoms with Gasteiger partial charge in [-0.2, -0.15) is 0 Å². The Balaban J connectivity index is 1.69. The van der Waals surface area contributed by atoms with Crippen molar-refractivity contribution in [2.45, 2.75) is 6.92 Å². The van der Waals surface area contributed by atoms with Crippen LogP contribution in [0.4, 0.5) is 0 Å². The number of hydrogen-bond acceptors (Lipinski definition) is 4. The predicted octanol–water partition coefficient (Wildman–Crippen LogP) is 4.31. The van der Waals surface area contributed by atoms with E-state index < -0.39 is 5.97 Å². The van der Waals surface area contributed by atoms with Gasteiger partial charge in [-0.15, -0.1) is 0 Å². The molecule has 1 heterocycles. The van der Waals surface area contributed by atoms with Crippen molar-refractivity contribution < 1.29 is 9.53 Å². The minimum atomic E-state index is -0.407. The Morgan fingerprint density at radius 1 is 0.792 bits per heavy atom. The lowest BCUT2D eigenvalue weighted by Gasteiger charge is -2.06. The summed E-state index contributed by atoms with van der Waals surface area (Å²) in [5.41, 5.74) is 4.62. The van der Waals surface area contributed by atoms with E-state index in [-0.39, 0.29) is 0 Å². The van der Waals surface area contributed by atoms with Gasteiger partial charge in [0.2, 0.25) is 0 Å². The fourth-order valence-electron chi connectivity index (χ4n) is 2.52. The van der Waals surface area contributed by atoms with Crippen LogP contribution in [0.25, 0.3) is 22.1 Å². The number of fused-ring (bicyclic) bond motifs is 2. The molecule has 0 spiro atoms. The summed E-state index contributed by atoms with van der Waals surface area (Å²) in [6, 6.07) is 20.2. The standard InChI is InChI=1S/C20H14N2O2/c1-13-6-9-15(10-7-13)24-20(23)14-8-11-18-19(12-14)22-17-5-3-2-4-16(17)21-18/h2-12H,1H3. The van der Waals surface area contributed by atoms with Gasteiger partial charge < -0.3 is 4.74 Å². The average Bonchev–Trinajstić information content (AvgIpc) is 2.61. The number of para-hydroxylation sites is 2. The molecule has 4 heteroatoms. The highest BCUT2D eigenvalue weighted by Gasteiger charge is 2.11. The molecule has 0 aliphatic carbocycles. The molecule has 0 atom stereocenters. The fourth-order valence-corrected chi connectivity index (χ4v) is 2.52. The van der Waals surface area contributed by atoms with Gasteiger partial charge >= 0.3 is 5.97 Å². The number of aryl methyl sites for hydroxylation is 1. The summed E-state index contributed by atoms with van der Waals surface area (Å²) in [5, 5.41) is 0. The van der Waals surface area contributed by atoms with Gasteiger partial charge in [0.25, 0.3) is 0 Å². The van der Waals surface area contributed by atoms with Gasteiger partial charge in [-0.25, -0.2) is 14.8 Å². The first-order valence-corrected chi connectivity index (χ1v) is 7.64. The van der Waals surface area contributed by atoms with E-state index in [2.05, 4.69) is 9.97 Å². The van der Waals surface area contributed by atoms with E-state index in [0.717, 1.165) is 22.1 Å². The molecule has 116 valence electrons. The van der Waals surface area contributed by atoms with Crippen molar-refractivity contribution in [2.75, 3.05) is 0 Å². The molecule has 4 rings (SSSR count). The van der Waals surface area contributed by atoms with Gasteiger partial charge in [-0.1, -0.05) is 29.8 Å². The van der Waals surface area contributed by atoms with Gasteiger partial charge in [0.15, 0.2) is 0 Å². The topological polar surface area (TPSA) is 52.1 Å². The van der Waals surface area contributed by atoms with E-state index in [9.17, 15) is 4.79 Å². The molecule has 24 heavy (non-hydrogen) atoms. The van der Waals surface area contributed by atoms with Gasteiger partial charge in [0.05, 0.1) is 27.6 Å². The molecule has 0 bridgehead atoms. The Kier molecular flexibility index (Phi) is 3.43. The van der Waals surface area contributed by atoms with E-state index >= 15 is 0 Å². The second-order valence-electron chi connectivity index (χ2n) is 5.62. The number of carbonyl (C=O) groups is 1. The first-order chi connectivity index (χ1) is 11.7. The molecule has 4 nitrogen and oxygen atoms in total. The molecule has 0 aliphatic heterocycles. The van der Waals surface area contributed by atoms with E-state index in [1.165, 1.54) is 0 Å². The summed E-state index contributed by atoms with van der Waals surface area (Å²) < 4.78 is 5.40. The van der Waals surface area contributed by atoms with Crippen LogP contribution in [0.5, 0.6) is 5.75 Å². The lowest BCUT2D eigenvalue weighted by Crippen LogP contribution is -2.08. The third kappa shape index (κ3) is 2.70. The van der Waals surface area contributed by atoms with Crippen LogP contribution in [0.3, 0.4) is 0 Å². The van der Waals surface area contributed by atoms with Gasteiger partial charge in [-0.05, 0) is 49.4 Å². The van der Waals surface area contributed by atoms with E-state index in [1.807, 2.05) is 43.3 Å². The summed E-state index contributed by atoms with van der Waals surface area (Å²) in [6.07, 6.45) is 0. The summed E-state index contributed by atoms with van der Waals surface area (Å²) in [4.78, 5) is 21.5. The van der Waals surface area contributed by atoms with Gasteiger partial charge in [0.1, 0.15) is 5.75 Å². The van der Waals surface area contributed by atoms with Gasteiger partial charge in [0, 0.05) is 0 Å². The van der Waals surface area contributed by atoms with Crippen molar-refractivity contribution in [1.82, 2.24) is 9.97 Å². The maximum Gasteiger partial charge on any atom is 0.343 e. The van der Waals surface area contributed by atoms with Crippen LogP contribution in [-0.2, 0) is 0 Å². The van der Waals surface area contributed by atoms with E-state index in [4.69, 9.17) is 4.74 Å². The molecule has 0 saturated carbocycles. The largest absolute Gasteiger partial charge is 0.423 e. The predicted molar refractivity (Wildman–Crippen MR) is 93.2 cm³/mol. The Morgan fingerprint density at radius 3 is 2.12 bits per heavy atom. The number of aromatic nitrogens is 2. The van der Waals surface area contributed by atoms with Gasteiger partial charge in [-0.3, -0.25) is 0 Å². The van der Waals surface area contributed by atoms with Crippen LogP contribution in [0, 0.1) is 6.92 Å². The maximum absolute atomic E-state index is 12.3. The van der Waals surface area contributed by atoms with E-state index in [1.54, 1.807) is 30.3 Å². The Morgan fingerprint density at radius 2 is 1.42 bits per heavy atom. The number of esters is 1. The monoisotopic (exact) mass is 314 g/mol. The highest BCUT2D eigenvalue weighted by Crippen LogP contribution is 2.19.